The first kappa shape index (κ1) is 58.2. The van der Waals surface area contributed by atoms with Gasteiger partial charge in [0.1, 0.15) is 8.64 Å². The maximum Gasteiger partial charge on any atom is 0.339 e. The fourth-order valence-electron chi connectivity index (χ4n) is 8.39. The lowest BCUT2D eigenvalue weighted by Gasteiger charge is -2.15. The van der Waals surface area contributed by atoms with E-state index in [1.165, 1.54) is 110 Å². The molecule has 2 fully saturated rings. The number of rotatable bonds is 35. The molecule has 0 bridgehead atoms. The van der Waals surface area contributed by atoms with E-state index in [9.17, 15) is 19.2 Å². The van der Waals surface area contributed by atoms with Crippen molar-refractivity contribution in [2.24, 2.45) is 11.8 Å². The van der Waals surface area contributed by atoms with Crippen LogP contribution in [0.3, 0.4) is 0 Å². The summed E-state index contributed by atoms with van der Waals surface area (Å²) in [6.07, 6.45) is 30.3. The van der Waals surface area contributed by atoms with E-state index >= 15 is 0 Å². The molecule has 0 aliphatic carbocycles. The van der Waals surface area contributed by atoms with Crippen LogP contribution in [0.5, 0.6) is 0 Å². The van der Waals surface area contributed by atoms with Crippen LogP contribution in [-0.2, 0) is 19.1 Å². The van der Waals surface area contributed by atoms with Gasteiger partial charge in [0, 0.05) is 22.8 Å². The van der Waals surface area contributed by atoms with Crippen LogP contribution in [0.4, 0.5) is 0 Å². The Hall–Kier alpha value is -2.36. The standard InChI is InChI=1S/C54H80N2O6S6/c1-7-13-17-19-21-23-25-27-31-55-49(57)45(67-53(55)63)35-41-33-43(51(59)61-37-39(11-5)29-15-9-3)47(65-41)48-44(52(60)62-38-40(12-6)30-16-10-4)34-42(66-48)36-46-50(58)56(54(64)68-46)32-28-26-24-22-20-18-14-8-2/h33-36,39-40H,7-32,37-38H2,1-6H3/b45-35-,46-36-. The second-order valence-corrected chi connectivity index (χ2v) is 23.9. The highest BCUT2D eigenvalue weighted by molar-refractivity contribution is 8.27. The first-order chi connectivity index (χ1) is 33.0. The molecule has 4 heterocycles. The molecule has 2 aromatic rings. The number of unbranched alkanes of at least 4 members (excludes halogenated alkanes) is 16. The molecule has 2 amide bonds. The minimum atomic E-state index is -0.477. The summed E-state index contributed by atoms with van der Waals surface area (Å²) in [6.45, 7) is 14.8. The van der Waals surface area contributed by atoms with Gasteiger partial charge in [-0.05, 0) is 61.8 Å². The summed E-state index contributed by atoms with van der Waals surface area (Å²) in [5.74, 6) is -0.741. The molecule has 2 atom stereocenters. The van der Waals surface area contributed by atoms with Crippen LogP contribution in [0, 0.1) is 11.8 Å². The van der Waals surface area contributed by atoms with Crippen molar-refractivity contribution >= 4 is 115 Å². The lowest BCUT2D eigenvalue weighted by Crippen LogP contribution is -2.28. The van der Waals surface area contributed by atoms with Crippen molar-refractivity contribution in [2.75, 3.05) is 26.3 Å². The lowest BCUT2D eigenvalue weighted by atomic mass is 10.0. The summed E-state index contributed by atoms with van der Waals surface area (Å²) in [4.78, 5) is 63.2. The van der Waals surface area contributed by atoms with E-state index in [2.05, 4.69) is 41.5 Å². The minimum Gasteiger partial charge on any atom is -0.462 e. The van der Waals surface area contributed by atoms with Crippen LogP contribution in [0.1, 0.15) is 226 Å². The second kappa shape index (κ2) is 32.6. The van der Waals surface area contributed by atoms with Crippen molar-refractivity contribution in [3.8, 4) is 9.75 Å². The molecule has 2 aliphatic heterocycles. The number of hydrogen-bond donors (Lipinski definition) is 0. The number of thiophene rings is 2. The van der Waals surface area contributed by atoms with Crippen molar-refractivity contribution in [1.29, 1.82) is 0 Å². The summed E-state index contributed by atoms with van der Waals surface area (Å²) in [6, 6.07) is 3.56. The second-order valence-electron chi connectivity index (χ2n) is 18.4. The van der Waals surface area contributed by atoms with Crippen LogP contribution in [-0.4, -0.2) is 68.5 Å². The van der Waals surface area contributed by atoms with Crippen LogP contribution in [0.2, 0.25) is 0 Å². The monoisotopic (exact) mass is 1040 g/mol. The van der Waals surface area contributed by atoms with E-state index in [0.29, 0.717) is 75.4 Å². The summed E-state index contributed by atoms with van der Waals surface area (Å²) in [7, 11) is 0. The number of carbonyl (C=O) groups is 4. The lowest BCUT2D eigenvalue weighted by molar-refractivity contribution is -0.123. The maximum atomic E-state index is 14.3. The summed E-state index contributed by atoms with van der Waals surface area (Å²) < 4.78 is 13.2. The molecule has 14 heteroatoms. The Morgan fingerprint density at radius 3 is 1.21 bits per heavy atom. The zero-order valence-corrected chi connectivity index (χ0v) is 47.0. The summed E-state index contributed by atoms with van der Waals surface area (Å²) >= 11 is 16.7. The van der Waals surface area contributed by atoms with E-state index < -0.39 is 11.9 Å². The average molecular weight is 1050 g/mol. The molecule has 8 nitrogen and oxygen atoms in total. The minimum absolute atomic E-state index is 0.125. The number of thioether (sulfide) groups is 2. The van der Waals surface area contributed by atoms with Gasteiger partial charge in [-0.3, -0.25) is 19.4 Å². The fourth-order valence-corrected chi connectivity index (χ4v) is 13.5. The number of ether oxygens (including phenoxy) is 2. The summed E-state index contributed by atoms with van der Waals surface area (Å²) in [5.41, 5.74) is 0.657. The van der Waals surface area contributed by atoms with Crippen molar-refractivity contribution in [3.05, 3.63) is 42.8 Å². The molecule has 2 saturated heterocycles. The van der Waals surface area contributed by atoms with Gasteiger partial charge in [-0.15, -0.1) is 22.7 Å². The predicted molar refractivity (Wildman–Crippen MR) is 300 cm³/mol. The zero-order chi connectivity index (χ0) is 49.3. The molecule has 0 N–H and O–H groups in total. The molecule has 0 spiro atoms. The molecule has 378 valence electrons. The molecular weight excluding hydrogens is 965 g/mol. The first-order valence-electron chi connectivity index (χ1n) is 26.1. The van der Waals surface area contributed by atoms with Gasteiger partial charge >= 0.3 is 11.9 Å². The van der Waals surface area contributed by atoms with E-state index in [4.69, 9.17) is 33.9 Å². The normalized spacial score (nSPS) is 16.3. The molecule has 0 radical (unpaired) electrons. The van der Waals surface area contributed by atoms with Crippen molar-refractivity contribution in [2.45, 2.75) is 196 Å². The van der Waals surface area contributed by atoms with E-state index in [1.807, 2.05) is 12.2 Å². The highest BCUT2D eigenvalue weighted by atomic mass is 32.2. The van der Waals surface area contributed by atoms with Gasteiger partial charge in [0.05, 0.1) is 43.9 Å². The predicted octanol–water partition coefficient (Wildman–Crippen LogP) is 16.9. The topological polar surface area (TPSA) is 93.2 Å². The number of nitrogens with zero attached hydrogens (tertiary/aromatic N) is 2. The Morgan fingerprint density at radius 1 is 0.529 bits per heavy atom. The summed E-state index contributed by atoms with van der Waals surface area (Å²) in [5, 5.41) is 0. The van der Waals surface area contributed by atoms with E-state index in [0.717, 1.165) is 89.9 Å². The van der Waals surface area contributed by atoms with Gasteiger partial charge in [0.2, 0.25) is 0 Å². The first-order valence-corrected chi connectivity index (χ1v) is 30.2. The smallest absolute Gasteiger partial charge is 0.339 e. The SMILES string of the molecule is CCCCCCCCCCN1C(=O)/C(=C/c2cc(C(=O)OCC(CC)CCCC)c(-c3sc(/C=C4\SC(=S)N(CCCCCCCCCC)C4=O)cc3C(=O)OCC(CC)CCCC)s2)SC1=S. The highest BCUT2D eigenvalue weighted by Crippen LogP contribution is 2.44. The third-order valence-electron chi connectivity index (χ3n) is 12.9. The molecule has 2 aromatic heterocycles. The van der Waals surface area contributed by atoms with Crippen LogP contribution in [0.25, 0.3) is 21.9 Å². The highest BCUT2D eigenvalue weighted by Gasteiger charge is 2.34. The number of esters is 2. The molecule has 68 heavy (non-hydrogen) atoms. The number of amides is 2. The quantitative estimate of drug-likeness (QED) is 0.0288. The Morgan fingerprint density at radius 2 is 0.868 bits per heavy atom. The van der Waals surface area contributed by atoms with E-state index in [1.54, 1.807) is 21.9 Å². The third kappa shape index (κ3) is 18.7. The Labute approximate surface area is 437 Å². The molecule has 0 aromatic carbocycles. The molecule has 2 unspecified atom stereocenters. The zero-order valence-electron chi connectivity index (χ0n) is 42.1. The van der Waals surface area contributed by atoms with Gasteiger partial charge in [0.15, 0.2) is 0 Å². The van der Waals surface area contributed by atoms with Crippen LogP contribution in [0.15, 0.2) is 21.9 Å². The van der Waals surface area contributed by atoms with Gasteiger partial charge in [0.25, 0.3) is 11.8 Å². The number of hydrogen-bond acceptors (Lipinski definition) is 12. The maximum absolute atomic E-state index is 14.3. The molecule has 4 rings (SSSR count). The Kier molecular flexibility index (Phi) is 27.9. The Bertz CT molecular complexity index is 1860. The molecule has 2 aliphatic rings. The van der Waals surface area contributed by atoms with Crippen LogP contribution < -0.4 is 0 Å². The van der Waals surface area contributed by atoms with Gasteiger partial charge in [-0.2, -0.15) is 0 Å². The molecular formula is C54H80N2O6S6. The van der Waals surface area contributed by atoms with Gasteiger partial charge in [-0.1, -0.05) is 218 Å². The van der Waals surface area contributed by atoms with Crippen molar-refractivity contribution in [1.82, 2.24) is 9.80 Å². The average Bonchev–Trinajstić information content (AvgIpc) is 4.08. The van der Waals surface area contributed by atoms with E-state index in [-0.39, 0.29) is 23.7 Å². The van der Waals surface area contributed by atoms with Crippen LogP contribution >= 0.6 is 70.6 Å². The third-order valence-corrected chi connectivity index (χ3v) is 18.0. The van der Waals surface area contributed by atoms with Crippen molar-refractivity contribution in [3.63, 3.8) is 0 Å². The van der Waals surface area contributed by atoms with Crippen molar-refractivity contribution < 1.29 is 28.7 Å². The fraction of sp³-hybridized carbons (Fsp3) is 0.667. The van der Waals surface area contributed by atoms with Gasteiger partial charge < -0.3 is 9.47 Å². The van der Waals surface area contributed by atoms with Gasteiger partial charge in [-0.25, -0.2) is 9.59 Å². The molecule has 0 saturated carbocycles. The number of carbonyl (C=O) groups excluding carboxylic acids is 4. The number of thiocarbonyl (C=S) groups is 2. The Balaban J connectivity index is 1.67. The largest absolute Gasteiger partial charge is 0.462 e.